The van der Waals surface area contributed by atoms with Gasteiger partial charge in [-0.3, -0.25) is 0 Å². The second kappa shape index (κ2) is 9.72. The molecule has 1 aliphatic rings. The van der Waals surface area contributed by atoms with Crippen molar-refractivity contribution >= 4 is 19.1 Å². The van der Waals surface area contributed by atoms with Gasteiger partial charge in [0.2, 0.25) is 5.88 Å². The van der Waals surface area contributed by atoms with Crippen LogP contribution in [0.3, 0.4) is 0 Å². The summed E-state index contributed by atoms with van der Waals surface area (Å²) in [4.78, 5) is 28.9. The fourth-order valence-electron chi connectivity index (χ4n) is 3.00. The molecule has 1 saturated carbocycles. The van der Waals surface area contributed by atoms with E-state index >= 15 is 0 Å². The third-order valence-electron chi connectivity index (χ3n) is 4.85. The van der Waals surface area contributed by atoms with Crippen LogP contribution in [-0.2, 0) is 14.3 Å². The fourth-order valence-corrected chi connectivity index (χ4v) is 3.00. The van der Waals surface area contributed by atoms with Crippen LogP contribution in [0.1, 0.15) is 60.3 Å². The Morgan fingerprint density at radius 2 is 1.81 bits per heavy atom. The number of carbonyl (C=O) groups is 2. The van der Waals surface area contributed by atoms with Crippen LogP contribution < -0.4 is 0 Å². The largest absolute Gasteiger partial charge is 0.474 e. The van der Waals surface area contributed by atoms with E-state index in [2.05, 4.69) is 18.3 Å². The standard InChI is InChI=1S/C21H34N2O4/c1-14(13-24)15(2)16(3)19(22-7)26-18-11-9-17(10-12-18)23(8)20(25)27-21(4,5)6/h13-14,17-18H,2,7,9-12H2,1,3-6,8H3/b19-16-/t14-,17?,18?/m1/s1. The van der Waals surface area contributed by atoms with E-state index in [1.165, 1.54) is 0 Å². The van der Waals surface area contributed by atoms with Gasteiger partial charge in [0.25, 0.3) is 0 Å². The molecule has 6 nitrogen and oxygen atoms in total. The van der Waals surface area contributed by atoms with Crippen molar-refractivity contribution in [2.45, 2.75) is 78.0 Å². The lowest BCUT2D eigenvalue weighted by Gasteiger charge is -2.35. The van der Waals surface area contributed by atoms with Crippen LogP contribution in [0.5, 0.6) is 0 Å². The summed E-state index contributed by atoms with van der Waals surface area (Å²) in [5.41, 5.74) is 0.933. The van der Waals surface area contributed by atoms with E-state index in [0.29, 0.717) is 11.5 Å². The summed E-state index contributed by atoms with van der Waals surface area (Å²) in [6.45, 7) is 16.8. The Bertz CT molecular complexity index is 596. The van der Waals surface area contributed by atoms with Crippen molar-refractivity contribution < 1.29 is 19.1 Å². The maximum Gasteiger partial charge on any atom is 0.410 e. The van der Waals surface area contributed by atoms with Gasteiger partial charge in [-0.15, -0.1) is 0 Å². The number of hydrogen-bond acceptors (Lipinski definition) is 5. The number of amides is 1. The van der Waals surface area contributed by atoms with Gasteiger partial charge in [-0.1, -0.05) is 13.5 Å². The SMILES string of the molecule is C=N/C(OC1CCC(N(C)C(=O)OC(C)(C)C)CC1)=C(\C)C(=C)[C@H](C)C=O. The van der Waals surface area contributed by atoms with E-state index in [1.807, 2.05) is 27.7 Å². The first-order valence-electron chi connectivity index (χ1n) is 9.44. The lowest BCUT2D eigenvalue weighted by molar-refractivity contribution is -0.109. The normalized spacial score (nSPS) is 22.1. The molecule has 0 bridgehead atoms. The monoisotopic (exact) mass is 378 g/mol. The van der Waals surface area contributed by atoms with Gasteiger partial charge in [0, 0.05) is 24.6 Å². The molecule has 1 fully saturated rings. The zero-order valence-electron chi connectivity index (χ0n) is 17.6. The highest BCUT2D eigenvalue weighted by atomic mass is 16.6. The van der Waals surface area contributed by atoms with Crippen molar-refractivity contribution in [3.05, 3.63) is 23.6 Å². The fraction of sp³-hybridized carbons (Fsp3) is 0.667. The summed E-state index contributed by atoms with van der Waals surface area (Å²) in [6, 6.07) is 0.134. The van der Waals surface area contributed by atoms with Crippen molar-refractivity contribution in [3.63, 3.8) is 0 Å². The second-order valence-electron chi connectivity index (χ2n) is 8.18. The van der Waals surface area contributed by atoms with E-state index in [4.69, 9.17) is 9.47 Å². The molecule has 0 aromatic rings. The number of aliphatic imine (C=N–C) groups is 1. The molecule has 1 rings (SSSR count). The highest BCUT2D eigenvalue weighted by molar-refractivity contribution is 5.68. The molecule has 0 saturated heterocycles. The summed E-state index contributed by atoms with van der Waals surface area (Å²) in [6.07, 6.45) is 3.83. The van der Waals surface area contributed by atoms with Crippen LogP contribution >= 0.6 is 0 Å². The third kappa shape index (κ3) is 6.85. The Morgan fingerprint density at radius 1 is 1.26 bits per heavy atom. The second-order valence-corrected chi connectivity index (χ2v) is 8.18. The number of rotatable bonds is 7. The van der Waals surface area contributed by atoms with Crippen LogP contribution in [0, 0.1) is 5.92 Å². The molecule has 0 heterocycles. The van der Waals surface area contributed by atoms with E-state index in [1.54, 1.807) is 18.9 Å². The first kappa shape index (κ1) is 22.9. The first-order valence-corrected chi connectivity index (χ1v) is 9.44. The summed E-state index contributed by atoms with van der Waals surface area (Å²) < 4.78 is 11.5. The topological polar surface area (TPSA) is 68.2 Å². The van der Waals surface area contributed by atoms with Gasteiger partial charge >= 0.3 is 6.09 Å². The molecule has 1 atom stereocenters. The van der Waals surface area contributed by atoms with Crippen LogP contribution in [0.4, 0.5) is 4.79 Å². The number of ether oxygens (including phenoxy) is 2. The minimum Gasteiger partial charge on any atom is -0.474 e. The van der Waals surface area contributed by atoms with Crippen molar-refractivity contribution in [3.8, 4) is 0 Å². The summed E-state index contributed by atoms with van der Waals surface area (Å²) in [5, 5.41) is 0. The average molecular weight is 379 g/mol. The molecule has 6 heteroatoms. The number of carbonyl (C=O) groups excluding carboxylic acids is 2. The Hall–Kier alpha value is -2.11. The van der Waals surface area contributed by atoms with Gasteiger partial charge in [-0.2, -0.15) is 0 Å². The van der Waals surface area contributed by atoms with E-state index in [0.717, 1.165) is 37.5 Å². The van der Waals surface area contributed by atoms with Crippen molar-refractivity contribution in [1.82, 2.24) is 4.90 Å². The molecule has 1 aliphatic carbocycles. The van der Waals surface area contributed by atoms with Crippen molar-refractivity contribution in [2.75, 3.05) is 7.05 Å². The third-order valence-corrected chi connectivity index (χ3v) is 4.85. The molecule has 0 radical (unpaired) electrons. The first-order chi connectivity index (χ1) is 12.5. The molecular weight excluding hydrogens is 344 g/mol. The van der Waals surface area contributed by atoms with Crippen LogP contribution in [0.2, 0.25) is 0 Å². The molecule has 0 aromatic carbocycles. The van der Waals surface area contributed by atoms with Gasteiger partial charge < -0.3 is 19.2 Å². The Morgan fingerprint density at radius 3 is 2.26 bits per heavy atom. The molecular formula is C21H34N2O4. The van der Waals surface area contributed by atoms with E-state index in [9.17, 15) is 9.59 Å². The quantitative estimate of drug-likeness (QED) is 0.283. The van der Waals surface area contributed by atoms with Gasteiger partial charge in [0.15, 0.2) is 0 Å². The van der Waals surface area contributed by atoms with E-state index < -0.39 is 5.60 Å². The Balaban J connectivity index is 2.66. The lowest BCUT2D eigenvalue weighted by atomic mass is 9.92. The van der Waals surface area contributed by atoms with Gasteiger partial charge in [-0.05, 0) is 65.7 Å². The van der Waals surface area contributed by atoms with Crippen molar-refractivity contribution in [1.29, 1.82) is 0 Å². The molecule has 0 N–H and O–H groups in total. The Labute approximate surface area is 163 Å². The summed E-state index contributed by atoms with van der Waals surface area (Å²) >= 11 is 0. The Kier molecular flexibility index (Phi) is 8.25. The molecule has 27 heavy (non-hydrogen) atoms. The number of nitrogens with zero attached hydrogens (tertiary/aromatic N) is 2. The smallest absolute Gasteiger partial charge is 0.410 e. The maximum atomic E-state index is 12.2. The molecule has 1 amide bonds. The molecule has 0 spiro atoms. The van der Waals surface area contributed by atoms with Gasteiger partial charge in [-0.25, -0.2) is 9.79 Å². The number of allylic oxidation sites excluding steroid dienone is 2. The van der Waals surface area contributed by atoms with Crippen molar-refractivity contribution in [2.24, 2.45) is 10.9 Å². The average Bonchev–Trinajstić information content (AvgIpc) is 2.62. The molecule has 152 valence electrons. The molecule has 0 aromatic heterocycles. The van der Waals surface area contributed by atoms with Crippen LogP contribution in [0.25, 0.3) is 0 Å². The highest BCUT2D eigenvalue weighted by Gasteiger charge is 2.30. The van der Waals surface area contributed by atoms with Gasteiger partial charge in [0.05, 0.1) is 0 Å². The lowest BCUT2D eigenvalue weighted by Crippen LogP contribution is -2.43. The minimum absolute atomic E-state index is 0.00285. The molecule has 0 unspecified atom stereocenters. The van der Waals surface area contributed by atoms with E-state index in [-0.39, 0.29) is 24.2 Å². The van der Waals surface area contributed by atoms with Crippen LogP contribution in [0.15, 0.2) is 28.6 Å². The molecule has 0 aliphatic heterocycles. The van der Waals surface area contributed by atoms with Gasteiger partial charge in [0.1, 0.15) is 18.0 Å². The summed E-state index contributed by atoms with van der Waals surface area (Å²) in [5.74, 6) is 0.140. The predicted octanol–water partition coefficient (Wildman–Crippen LogP) is 4.50. The number of aldehydes is 1. The predicted molar refractivity (Wildman–Crippen MR) is 108 cm³/mol. The zero-order valence-corrected chi connectivity index (χ0v) is 17.6. The highest BCUT2D eigenvalue weighted by Crippen LogP contribution is 2.29. The zero-order chi connectivity index (χ0) is 20.8. The minimum atomic E-state index is -0.500. The maximum absolute atomic E-state index is 12.2. The number of hydrogen-bond donors (Lipinski definition) is 0. The summed E-state index contributed by atoms with van der Waals surface area (Å²) in [7, 11) is 1.78. The van der Waals surface area contributed by atoms with Crippen LogP contribution in [-0.4, -0.2) is 48.8 Å².